The molecule has 0 saturated heterocycles. The number of aromatic nitrogens is 5. The molecule has 25 heavy (non-hydrogen) atoms. The first kappa shape index (κ1) is 15.4. The molecule has 2 aromatic rings. The van der Waals surface area contributed by atoms with Gasteiger partial charge in [0, 0.05) is 30.5 Å². The van der Waals surface area contributed by atoms with Gasteiger partial charge in [-0.2, -0.15) is 9.78 Å². The summed E-state index contributed by atoms with van der Waals surface area (Å²) in [5, 5.41) is 8.27. The average Bonchev–Trinajstić information content (AvgIpc) is 3.17. The van der Waals surface area contributed by atoms with E-state index < -0.39 is 0 Å². The van der Waals surface area contributed by atoms with Crippen LogP contribution in [0.15, 0.2) is 41.6 Å². The van der Waals surface area contributed by atoms with Crippen LogP contribution in [0.1, 0.15) is 6.92 Å². The molecule has 0 saturated carbocycles. The van der Waals surface area contributed by atoms with E-state index in [-0.39, 0.29) is 11.6 Å². The first-order valence-corrected chi connectivity index (χ1v) is 7.99. The third kappa shape index (κ3) is 2.38. The summed E-state index contributed by atoms with van der Waals surface area (Å²) in [6.07, 6.45) is 4.64. The number of nitrogens with one attached hydrogen (secondary N) is 2. The molecule has 2 N–H and O–H groups in total. The third-order valence-corrected chi connectivity index (χ3v) is 4.07. The van der Waals surface area contributed by atoms with Gasteiger partial charge in [0.05, 0.1) is 10.6 Å². The SMILES string of the molecule is CCNC(=O)n1ccc2c3nn(-c4ccc(Cl)cn4)c(=O)c-3c[nH]c21. The van der Waals surface area contributed by atoms with Gasteiger partial charge in [0.25, 0.3) is 5.56 Å². The predicted octanol–water partition coefficient (Wildman–Crippen LogP) is 2.25. The van der Waals surface area contributed by atoms with Crippen molar-refractivity contribution in [3.63, 3.8) is 0 Å². The molecule has 2 aliphatic rings. The zero-order valence-electron chi connectivity index (χ0n) is 13.2. The summed E-state index contributed by atoms with van der Waals surface area (Å²) >= 11 is 5.84. The maximum Gasteiger partial charge on any atom is 0.327 e. The predicted molar refractivity (Wildman–Crippen MR) is 93.6 cm³/mol. The highest BCUT2D eigenvalue weighted by molar-refractivity contribution is 6.30. The molecule has 0 atom stereocenters. The zero-order chi connectivity index (χ0) is 17.6. The first-order chi connectivity index (χ1) is 12.1. The molecule has 2 aliphatic heterocycles. The van der Waals surface area contributed by atoms with Gasteiger partial charge in [-0.1, -0.05) is 11.6 Å². The molecule has 0 aliphatic carbocycles. The minimum atomic E-state index is -0.297. The van der Waals surface area contributed by atoms with Crippen molar-refractivity contribution in [1.29, 1.82) is 0 Å². The number of rotatable bonds is 2. The molecular formula is C16H13ClN6O2. The lowest BCUT2D eigenvalue weighted by Gasteiger charge is -2.05. The molecule has 1 amide bonds. The van der Waals surface area contributed by atoms with Gasteiger partial charge in [0.2, 0.25) is 0 Å². The van der Waals surface area contributed by atoms with Gasteiger partial charge in [-0.15, -0.1) is 0 Å². The van der Waals surface area contributed by atoms with Crippen LogP contribution in [0.3, 0.4) is 0 Å². The maximum absolute atomic E-state index is 12.6. The van der Waals surface area contributed by atoms with E-state index in [4.69, 9.17) is 11.6 Å². The third-order valence-electron chi connectivity index (χ3n) is 3.85. The van der Waals surface area contributed by atoms with Crippen molar-refractivity contribution in [3.05, 3.63) is 52.2 Å². The van der Waals surface area contributed by atoms with Crippen LogP contribution in [0.5, 0.6) is 0 Å². The van der Waals surface area contributed by atoms with Crippen LogP contribution < -0.4 is 10.9 Å². The van der Waals surface area contributed by atoms with Gasteiger partial charge in [0.1, 0.15) is 11.3 Å². The summed E-state index contributed by atoms with van der Waals surface area (Å²) in [6.45, 7) is 2.36. The number of aromatic amines is 1. The highest BCUT2D eigenvalue weighted by atomic mass is 35.5. The van der Waals surface area contributed by atoms with Crippen LogP contribution in [0.4, 0.5) is 4.79 Å². The summed E-state index contributed by atoms with van der Waals surface area (Å²) in [6, 6.07) is 4.75. The average molecular weight is 357 g/mol. The van der Waals surface area contributed by atoms with Crippen LogP contribution in [0.25, 0.3) is 28.1 Å². The number of halogens is 1. The second-order valence-corrected chi connectivity index (χ2v) is 5.82. The number of carbonyl (C=O) groups is 1. The van der Waals surface area contributed by atoms with E-state index in [1.807, 2.05) is 6.92 Å². The fraction of sp³-hybridized carbons (Fsp3) is 0.125. The van der Waals surface area contributed by atoms with Crippen molar-refractivity contribution in [2.24, 2.45) is 0 Å². The minimum Gasteiger partial charge on any atom is -0.346 e. The second kappa shape index (κ2) is 5.75. The molecule has 4 heterocycles. The smallest absolute Gasteiger partial charge is 0.327 e. The van der Waals surface area contributed by atoms with Crippen molar-refractivity contribution < 1.29 is 4.79 Å². The lowest BCUT2D eigenvalue weighted by Crippen LogP contribution is -2.27. The first-order valence-electron chi connectivity index (χ1n) is 7.61. The van der Waals surface area contributed by atoms with E-state index in [0.29, 0.717) is 39.7 Å². The van der Waals surface area contributed by atoms with Gasteiger partial charge >= 0.3 is 6.03 Å². The van der Waals surface area contributed by atoms with Crippen LogP contribution >= 0.6 is 11.6 Å². The number of hydrogen-bond donors (Lipinski definition) is 2. The van der Waals surface area contributed by atoms with Crippen LogP contribution in [0, 0.1) is 0 Å². The molecule has 0 bridgehead atoms. The Balaban J connectivity index is 1.92. The quantitative estimate of drug-likeness (QED) is 0.575. The van der Waals surface area contributed by atoms with Crippen molar-refractivity contribution in [2.45, 2.75) is 6.92 Å². The van der Waals surface area contributed by atoms with E-state index in [0.717, 1.165) is 0 Å². The summed E-state index contributed by atoms with van der Waals surface area (Å²) in [5.41, 5.74) is 1.18. The van der Waals surface area contributed by atoms with Crippen molar-refractivity contribution in [3.8, 4) is 17.1 Å². The molecule has 0 radical (unpaired) electrons. The fourth-order valence-electron chi connectivity index (χ4n) is 2.71. The van der Waals surface area contributed by atoms with Gasteiger partial charge in [-0.25, -0.2) is 9.78 Å². The number of carbonyl (C=O) groups excluding carboxylic acids is 1. The summed E-state index contributed by atoms with van der Waals surface area (Å²) < 4.78 is 2.67. The molecule has 2 aromatic heterocycles. The Morgan fingerprint density at radius 3 is 2.92 bits per heavy atom. The zero-order valence-corrected chi connectivity index (χ0v) is 13.9. The minimum absolute atomic E-state index is 0.255. The van der Waals surface area contributed by atoms with Crippen LogP contribution in [0.2, 0.25) is 5.02 Å². The number of H-pyrrole nitrogens is 1. The van der Waals surface area contributed by atoms with Gasteiger partial charge in [-0.05, 0) is 25.1 Å². The lowest BCUT2D eigenvalue weighted by atomic mass is 10.2. The van der Waals surface area contributed by atoms with Gasteiger partial charge in [-0.3, -0.25) is 9.36 Å². The van der Waals surface area contributed by atoms with Gasteiger partial charge in [0.15, 0.2) is 5.82 Å². The Hall–Kier alpha value is -3.13. The molecule has 8 nitrogen and oxygen atoms in total. The van der Waals surface area contributed by atoms with E-state index in [1.54, 1.807) is 30.6 Å². The summed E-state index contributed by atoms with van der Waals surface area (Å²) in [5.74, 6) is 0.377. The highest BCUT2D eigenvalue weighted by Crippen LogP contribution is 2.26. The standard InChI is InChI=1S/C16H13ClN6O2/c1-2-18-16(25)22-6-5-10-13-11(8-20-14(10)22)15(24)23(21-13)12-4-3-9(17)7-19-12/h3-8,20H,2H2,1H3,(H,18,25). The highest BCUT2D eigenvalue weighted by Gasteiger charge is 2.22. The van der Waals surface area contributed by atoms with E-state index in [1.165, 1.54) is 15.4 Å². The Labute approximate surface area is 146 Å². The number of hydrogen-bond acceptors (Lipinski definition) is 4. The van der Waals surface area contributed by atoms with E-state index >= 15 is 0 Å². The summed E-state index contributed by atoms with van der Waals surface area (Å²) in [7, 11) is 0. The van der Waals surface area contributed by atoms with Gasteiger partial charge < -0.3 is 10.3 Å². The normalized spacial score (nSPS) is 11.3. The van der Waals surface area contributed by atoms with Crippen LogP contribution in [-0.2, 0) is 0 Å². The molecular weight excluding hydrogens is 344 g/mol. The molecule has 0 spiro atoms. The molecule has 4 rings (SSSR count). The lowest BCUT2D eigenvalue weighted by molar-refractivity contribution is 0.243. The van der Waals surface area contributed by atoms with Crippen molar-refractivity contribution >= 4 is 28.7 Å². The topological polar surface area (TPSA) is 97.6 Å². The molecule has 0 unspecified atom stereocenters. The number of pyridine rings is 2. The Bertz CT molecular complexity index is 1110. The molecule has 0 fully saturated rings. The largest absolute Gasteiger partial charge is 0.346 e. The second-order valence-electron chi connectivity index (χ2n) is 5.39. The molecule has 126 valence electrons. The Morgan fingerprint density at radius 1 is 1.36 bits per heavy atom. The number of nitrogens with zero attached hydrogens (tertiary/aromatic N) is 4. The molecule has 9 heteroatoms. The molecule has 0 aromatic carbocycles. The van der Waals surface area contributed by atoms with Crippen molar-refractivity contribution in [1.82, 2.24) is 29.6 Å². The number of fused-ring (bicyclic) bond motifs is 3. The van der Waals surface area contributed by atoms with Crippen LogP contribution in [-0.4, -0.2) is 36.9 Å². The fourth-order valence-corrected chi connectivity index (χ4v) is 2.82. The Morgan fingerprint density at radius 2 is 2.20 bits per heavy atom. The maximum atomic E-state index is 12.6. The monoisotopic (exact) mass is 356 g/mol. The van der Waals surface area contributed by atoms with E-state index in [2.05, 4.69) is 20.4 Å². The number of amides is 1. The Kier molecular flexibility index (Phi) is 3.54. The summed E-state index contributed by atoms with van der Waals surface area (Å²) in [4.78, 5) is 31.9. The van der Waals surface area contributed by atoms with E-state index in [9.17, 15) is 9.59 Å². The van der Waals surface area contributed by atoms with Crippen molar-refractivity contribution in [2.75, 3.05) is 6.54 Å².